The molecule has 6 rings (SSSR count). The maximum atomic E-state index is 13.1. The van der Waals surface area contributed by atoms with Gasteiger partial charge in [-0.3, -0.25) is 9.59 Å². The molecule has 0 atom stereocenters. The monoisotopic (exact) mass is 593 g/mol. The molecule has 0 aliphatic carbocycles. The van der Waals surface area contributed by atoms with Crippen molar-refractivity contribution in [1.82, 2.24) is 4.90 Å². The van der Waals surface area contributed by atoms with Gasteiger partial charge in [-0.15, -0.1) is 0 Å². The van der Waals surface area contributed by atoms with Gasteiger partial charge in [-0.2, -0.15) is 0 Å². The quantitative estimate of drug-likeness (QED) is 0.231. The van der Waals surface area contributed by atoms with Crippen molar-refractivity contribution in [1.29, 1.82) is 0 Å². The second kappa shape index (κ2) is 12.0. The van der Waals surface area contributed by atoms with Gasteiger partial charge >= 0.3 is 5.63 Å². The molecule has 4 aromatic carbocycles. The van der Waals surface area contributed by atoms with E-state index in [1.54, 1.807) is 59.5 Å². The number of ether oxygens (including phenoxy) is 1. The molecule has 9 heteroatoms. The minimum Gasteiger partial charge on any atom is -0.496 e. The van der Waals surface area contributed by atoms with Gasteiger partial charge in [0.25, 0.3) is 11.8 Å². The Bertz CT molecular complexity index is 1860. The number of carbonyl (C=O) groups is 2. The zero-order chi connectivity index (χ0) is 29.9. The molecule has 0 saturated carbocycles. The minimum atomic E-state index is -0.426. The van der Waals surface area contributed by atoms with E-state index in [-0.39, 0.29) is 11.8 Å². The summed E-state index contributed by atoms with van der Waals surface area (Å²) in [7, 11) is 1.54. The van der Waals surface area contributed by atoms with Crippen molar-refractivity contribution >= 4 is 45.8 Å². The molecule has 1 aromatic heterocycles. The standard InChI is InChI=1S/C34H28ClN3O5/c1-42-31-15-10-25(35)21-29(31)33(40)38-18-16-37(17-19-38)27-13-11-26(12-14-27)36-32(39)23-8-6-22(7-9-23)28-20-24-4-2-3-5-30(24)43-34(28)41/h2-15,20-21H,16-19H2,1H3,(H,36,39). The van der Waals surface area contributed by atoms with E-state index in [1.807, 2.05) is 42.5 Å². The number of anilines is 2. The van der Waals surface area contributed by atoms with E-state index in [1.165, 1.54) is 7.11 Å². The van der Waals surface area contributed by atoms with Crippen molar-refractivity contribution in [3.63, 3.8) is 0 Å². The van der Waals surface area contributed by atoms with E-state index >= 15 is 0 Å². The van der Waals surface area contributed by atoms with Crippen LogP contribution >= 0.6 is 11.6 Å². The van der Waals surface area contributed by atoms with E-state index in [4.69, 9.17) is 20.8 Å². The molecule has 1 aliphatic rings. The molecule has 1 N–H and O–H groups in total. The van der Waals surface area contributed by atoms with Crippen LogP contribution in [0.15, 0.2) is 106 Å². The normalized spacial score (nSPS) is 13.2. The number of benzene rings is 4. The third-order valence-electron chi connectivity index (χ3n) is 7.55. The number of amides is 2. The molecule has 1 aliphatic heterocycles. The first-order valence-electron chi connectivity index (χ1n) is 13.8. The van der Waals surface area contributed by atoms with Crippen molar-refractivity contribution < 1.29 is 18.7 Å². The zero-order valence-electron chi connectivity index (χ0n) is 23.4. The fourth-order valence-electron chi connectivity index (χ4n) is 5.21. The third-order valence-corrected chi connectivity index (χ3v) is 7.78. The fourth-order valence-corrected chi connectivity index (χ4v) is 5.38. The van der Waals surface area contributed by atoms with Crippen molar-refractivity contribution in [2.24, 2.45) is 0 Å². The lowest BCUT2D eigenvalue weighted by atomic mass is 10.0. The lowest BCUT2D eigenvalue weighted by molar-refractivity contribution is 0.0743. The molecule has 8 nitrogen and oxygen atoms in total. The molecule has 1 fully saturated rings. The molecule has 2 amide bonds. The summed E-state index contributed by atoms with van der Waals surface area (Å²) in [6.07, 6.45) is 0. The molecule has 2 heterocycles. The summed E-state index contributed by atoms with van der Waals surface area (Å²) >= 11 is 6.12. The van der Waals surface area contributed by atoms with Crippen LogP contribution in [0.25, 0.3) is 22.1 Å². The number of hydrogen-bond donors (Lipinski definition) is 1. The Hall–Kier alpha value is -5.08. The number of methoxy groups -OCH3 is 1. The molecule has 0 radical (unpaired) electrons. The largest absolute Gasteiger partial charge is 0.496 e. The van der Waals surface area contributed by atoms with Gasteiger partial charge in [-0.05, 0) is 72.3 Å². The van der Waals surface area contributed by atoms with Gasteiger partial charge in [-0.1, -0.05) is 41.9 Å². The van der Waals surface area contributed by atoms with Gasteiger partial charge in [-0.25, -0.2) is 4.79 Å². The summed E-state index contributed by atoms with van der Waals surface area (Å²) in [4.78, 5) is 42.5. The summed E-state index contributed by atoms with van der Waals surface area (Å²) in [5, 5.41) is 4.24. The van der Waals surface area contributed by atoms with Crippen LogP contribution in [0.1, 0.15) is 20.7 Å². The molecule has 43 heavy (non-hydrogen) atoms. The van der Waals surface area contributed by atoms with Crippen LogP contribution in [0.5, 0.6) is 5.75 Å². The molecule has 0 unspecified atom stereocenters. The third kappa shape index (κ3) is 5.96. The highest BCUT2D eigenvalue weighted by Crippen LogP contribution is 2.26. The number of hydrogen-bond acceptors (Lipinski definition) is 6. The van der Waals surface area contributed by atoms with Gasteiger partial charge in [0.1, 0.15) is 11.3 Å². The second-order valence-corrected chi connectivity index (χ2v) is 10.6. The van der Waals surface area contributed by atoms with E-state index in [9.17, 15) is 14.4 Å². The van der Waals surface area contributed by atoms with Crippen LogP contribution in [0.2, 0.25) is 5.02 Å². The predicted octanol–water partition coefficient (Wildman–Crippen LogP) is 6.34. The highest BCUT2D eigenvalue weighted by Gasteiger charge is 2.25. The van der Waals surface area contributed by atoms with Crippen LogP contribution in [0, 0.1) is 0 Å². The number of piperazine rings is 1. The van der Waals surface area contributed by atoms with Crippen LogP contribution in [-0.4, -0.2) is 50.0 Å². The van der Waals surface area contributed by atoms with Crippen molar-refractivity contribution in [3.8, 4) is 16.9 Å². The fraction of sp³-hybridized carbons (Fsp3) is 0.147. The molecule has 5 aromatic rings. The molecule has 216 valence electrons. The Labute approximate surface area is 253 Å². The van der Waals surface area contributed by atoms with Gasteiger partial charge in [0.2, 0.25) is 0 Å². The van der Waals surface area contributed by atoms with Crippen LogP contribution < -0.4 is 20.6 Å². The molecular formula is C34H28ClN3O5. The first-order chi connectivity index (χ1) is 20.9. The molecule has 0 bridgehead atoms. The molecular weight excluding hydrogens is 566 g/mol. The maximum Gasteiger partial charge on any atom is 0.344 e. The summed E-state index contributed by atoms with van der Waals surface area (Å²) in [5.41, 5.74) is 3.81. The Balaban J connectivity index is 1.06. The van der Waals surface area contributed by atoms with Crippen molar-refractivity contribution in [2.75, 3.05) is 43.5 Å². The van der Waals surface area contributed by atoms with Gasteiger partial charge in [0, 0.05) is 53.5 Å². The molecule has 0 spiro atoms. The number of carbonyl (C=O) groups excluding carboxylic acids is 2. The summed E-state index contributed by atoms with van der Waals surface area (Å²) < 4.78 is 10.8. The number of fused-ring (bicyclic) bond motifs is 1. The first kappa shape index (κ1) is 28.1. The Morgan fingerprint density at radius 3 is 2.30 bits per heavy atom. The average Bonchev–Trinajstić information content (AvgIpc) is 3.04. The Morgan fingerprint density at radius 1 is 0.860 bits per heavy atom. The number of nitrogens with zero attached hydrogens (tertiary/aromatic N) is 2. The SMILES string of the molecule is COc1ccc(Cl)cc1C(=O)N1CCN(c2ccc(NC(=O)c3ccc(-c4cc5ccccc5oc4=O)cc3)cc2)CC1. The van der Waals surface area contributed by atoms with E-state index < -0.39 is 5.63 Å². The van der Waals surface area contributed by atoms with Crippen LogP contribution in [0.3, 0.4) is 0 Å². The maximum absolute atomic E-state index is 13.1. The Morgan fingerprint density at radius 2 is 1.58 bits per heavy atom. The average molecular weight is 594 g/mol. The van der Waals surface area contributed by atoms with E-state index in [0.29, 0.717) is 70.5 Å². The second-order valence-electron chi connectivity index (χ2n) is 10.2. The lowest BCUT2D eigenvalue weighted by Gasteiger charge is -2.36. The van der Waals surface area contributed by atoms with E-state index in [2.05, 4.69) is 10.2 Å². The van der Waals surface area contributed by atoms with Gasteiger partial charge in [0.05, 0.1) is 18.2 Å². The highest BCUT2D eigenvalue weighted by atomic mass is 35.5. The van der Waals surface area contributed by atoms with Crippen molar-refractivity contribution in [3.05, 3.63) is 124 Å². The van der Waals surface area contributed by atoms with E-state index in [0.717, 1.165) is 11.1 Å². The summed E-state index contributed by atoms with van der Waals surface area (Å²) in [6.45, 7) is 2.46. The summed E-state index contributed by atoms with van der Waals surface area (Å²) in [6, 6.07) is 28.7. The Kier molecular flexibility index (Phi) is 7.85. The smallest absolute Gasteiger partial charge is 0.344 e. The number of para-hydroxylation sites is 1. The van der Waals surface area contributed by atoms with Crippen LogP contribution in [-0.2, 0) is 0 Å². The number of nitrogens with one attached hydrogen (secondary N) is 1. The topological polar surface area (TPSA) is 92.1 Å². The highest BCUT2D eigenvalue weighted by molar-refractivity contribution is 6.31. The van der Waals surface area contributed by atoms with Gasteiger partial charge in [0.15, 0.2) is 0 Å². The summed E-state index contributed by atoms with van der Waals surface area (Å²) in [5.74, 6) is 0.141. The number of halogens is 1. The van der Waals surface area contributed by atoms with Crippen molar-refractivity contribution in [2.45, 2.75) is 0 Å². The lowest BCUT2D eigenvalue weighted by Crippen LogP contribution is -2.48. The van der Waals surface area contributed by atoms with Crippen LogP contribution in [0.4, 0.5) is 11.4 Å². The molecule has 1 saturated heterocycles. The zero-order valence-corrected chi connectivity index (χ0v) is 24.1. The number of rotatable bonds is 6. The minimum absolute atomic E-state index is 0.106. The first-order valence-corrected chi connectivity index (χ1v) is 14.2. The van der Waals surface area contributed by atoms with Gasteiger partial charge < -0.3 is 24.3 Å². The predicted molar refractivity (Wildman–Crippen MR) is 168 cm³/mol.